The number of ether oxygens (including phenoxy) is 12. The van der Waals surface area contributed by atoms with E-state index in [1.807, 2.05) is 0 Å². The lowest BCUT2D eigenvalue weighted by Crippen LogP contribution is -2.66. The second kappa shape index (κ2) is 31.3. The molecule has 0 aromatic carbocycles. The minimum Gasteiger partial charge on any atom is -0.394 e. The summed E-state index contributed by atoms with van der Waals surface area (Å²) >= 11 is 0. The zero-order chi connectivity index (χ0) is 72.7. The third kappa shape index (κ3) is 15.0. The molecule has 39 atom stereocenters. The number of allylic oxidation sites excluding steroid dienone is 1. The van der Waals surface area contributed by atoms with Crippen molar-refractivity contribution in [3.8, 4) is 0 Å². The molecule has 0 unspecified atom stereocenters. The topological polar surface area (TPSA) is 536 Å². The molecular formula is C66H112O33. The van der Waals surface area contributed by atoms with E-state index in [9.17, 15) is 107 Å². The smallest absolute Gasteiger partial charge is 0.187 e. The van der Waals surface area contributed by atoms with Gasteiger partial charge < -0.3 is 164 Å². The number of aliphatic hydroxyl groups excluding tert-OH is 20. The molecule has 21 N–H and O–H groups in total. The van der Waals surface area contributed by atoms with E-state index in [0.717, 1.165) is 37.7 Å². The van der Waals surface area contributed by atoms with E-state index < -0.39 is 247 Å². The van der Waals surface area contributed by atoms with Crippen molar-refractivity contribution >= 4 is 0 Å². The molecule has 0 aromatic rings. The van der Waals surface area contributed by atoms with Crippen molar-refractivity contribution in [2.24, 2.45) is 45.3 Å². The van der Waals surface area contributed by atoms with Gasteiger partial charge in [-0.2, -0.15) is 0 Å². The molecule has 6 aliphatic heterocycles. The molecule has 0 bridgehead atoms. The molecule has 6 saturated heterocycles. The Balaban J connectivity index is 0.842. The SMILES string of the molecule is C[C@H](CC[C@@H](O[C@@H]1O[C@H](CO[C@@H]2O[C@H](CO)[C@@H](O)[C@H](O)[C@H]2O)[C@@H](O)[C@H](O)[C@H]1O[C@@H]1O[C@H](CO)[C@@H](O)[C@H](O)[C@H]1O)C(C)(C)O)[C@H]1CC[C@@]2(C)[C@@H]3CC=C4[C@@H](CC[C@H](O[C@@H]5O[C@H](CO[C@@H]6O[C@H](CO)[C@@H](O)[C@H](O)[C@H]6O)[C@@H](O)[C@H](O)[C@H]5O[C@@H]5O[C@H](CO)[C@@H](O)[C@H](O)[C@H]5O)C4(C)C)[C@]3(C)CC[C@]12C. The number of rotatable bonds is 23. The Kier molecular flexibility index (Phi) is 25.3. The third-order valence-corrected chi connectivity index (χ3v) is 24.9. The fourth-order valence-electron chi connectivity index (χ4n) is 18.4. The van der Waals surface area contributed by atoms with Crippen LogP contribution in [0.2, 0.25) is 0 Å². The van der Waals surface area contributed by atoms with Gasteiger partial charge in [-0.1, -0.05) is 53.2 Å². The highest BCUT2D eigenvalue weighted by molar-refractivity contribution is 5.31. The van der Waals surface area contributed by atoms with Crippen LogP contribution in [-0.4, -0.2) is 349 Å². The predicted octanol–water partition coefficient (Wildman–Crippen LogP) is -6.55. The van der Waals surface area contributed by atoms with E-state index >= 15 is 0 Å². The van der Waals surface area contributed by atoms with Crippen LogP contribution in [0.25, 0.3) is 0 Å². The third-order valence-electron chi connectivity index (χ3n) is 24.9. The molecule has 10 rings (SSSR count). The maximum Gasteiger partial charge on any atom is 0.187 e. The minimum atomic E-state index is -1.96. The average Bonchev–Trinajstić information content (AvgIpc) is 1.64. The number of hydrogen-bond acceptors (Lipinski definition) is 33. The summed E-state index contributed by atoms with van der Waals surface area (Å²) in [5.41, 5.74) is -1.75. The summed E-state index contributed by atoms with van der Waals surface area (Å²) in [6.07, 6.45) is -44.7. The highest BCUT2D eigenvalue weighted by Crippen LogP contribution is 2.75. The van der Waals surface area contributed by atoms with Crippen LogP contribution in [0.1, 0.15) is 113 Å². The van der Waals surface area contributed by atoms with Crippen LogP contribution in [0.4, 0.5) is 0 Å². The summed E-state index contributed by atoms with van der Waals surface area (Å²) in [5, 5.41) is 226. The zero-order valence-electron chi connectivity index (χ0n) is 57.3. The van der Waals surface area contributed by atoms with Crippen molar-refractivity contribution in [2.45, 2.75) is 315 Å². The number of fused-ring (bicyclic) bond motifs is 5. The molecule has 33 nitrogen and oxygen atoms in total. The Hall–Kier alpha value is -1.58. The maximum absolute atomic E-state index is 11.9. The molecule has 0 amide bonds. The highest BCUT2D eigenvalue weighted by Gasteiger charge is 2.68. The molecule has 0 spiro atoms. The lowest BCUT2D eigenvalue weighted by molar-refractivity contribution is -0.380. The summed E-state index contributed by atoms with van der Waals surface area (Å²) in [4.78, 5) is 0. The van der Waals surface area contributed by atoms with Crippen LogP contribution in [0, 0.1) is 45.3 Å². The van der Waals surface area contributed by atoms with Gasteiger partial charge in [0.25, 0.3) is 0 Å². The summed E-state index contributed by atoms with van der Waals surface area (Å²) in [5.74, 6) is 0.523. The van der Waals surface area contributed by atoms with Crippen molar-refractivity contribution < 1.29 is 164 Å². The van der Waals surface area contributed by atoms with Gasteiger partial charge in [0, 0.05) is 5.41 Å². The Morgan fingerprint density at radius 2 is 0.848 bits per heavy atom. The molecule has 4 aliphatic carbocycles. The Morgan fingerprint density at radius 1 is 0.444 bits per heavy atom. The molecule has 0 aromatic heterocycles. The van der Waals surface area contributed by atoms with Gasteiger partial charge in [0.05, 0.1) is 57.5 Å². The van der Waals surface area contributed by atoms with Crippen LogP contribution < -0.4 is 0 Å². The van der Waals surface area contributed by atoms with Crippen molar-refractivity contribution in [1.82, 2.24) is 0 Å². The first-order valence-electron chi connectivity index (χ1n) is 35.0. The fourth-order valence-corrected chi connectivity index (χ4v) is 18.4. The fraction of sp³-hybridized carbons (Fsp3) is 0.970. The van der Waals surface area contributed by atoms with Gasteiger partial charge in [0.15, 0.2) is 37.7 Å². The molecule has 33 heteroatoms. The predicted molar refractivity (Wildman–Crippen MR) is 331 cm³/mol. The van der Waals surface area contributed by atoms with Crippen molar-refractivity contribution in [3.63, 3.8) is 0 Å². The van der Waals surface area contributed by atoms with Crippen molar-refractivity contribution in [3.05, 3.63) is 11.6 Å². The quantitative estimate of drug-likeness (QED) is 0.0423. The first-order valence-corrected chi connectivity index (χ1v) is 35.0. The normalized spacial score (nSPS) is 51.7. The van der Waals surface area contributed by atoms with Crippen molar-refractivity contribution in [2.75, 3.05) is 39.6 Å². The molecule has 3 saturated carbocycles. The van der Waals surface area contributed by atoms with Gasteiger partial charge in [-0.25, -0.2) is 0 Å². The number of hydrogen-bond donors (Lipinski definition) is 21. The van der Waals surface area contributed by atoms with Crippen LogP contribution >= 0.6 is 0 Å². The van der Waals surface area contributed by atoms with E-state index in [4.69, 9.17) is 56.8 Å². The summed E-state index contributed by atoms with van der Waals surface area (Å²) in [6.45, 7) is 12.2. The van der Waals surface area contributed by atoms with E-state index in [-0.39, 0.29) is 46.3 Å². The molecule has 574 valence electrons. The average molecular weight is 1430 g/mol. The van der Waals surface area contributed by atoms with Gasteiger partial charge in [0.1, 0.15) is 146 Å². The van der Waals surface area contributed by atoms with Crippen LogP contribution in [-0.2, 0) is 56.8 Å². The Morgan fingerprint density at radius 3 is 1.29 bits per heavy atom. The lowest BCUT2D eigenvalue weighted by Gasteiger charge is -2.66. The van der Waals surface area contributed by atoms with Gasteiger partial charge in [-0.05, 0) is 112 Å². The van der Waals surface area contributed by atoms with Crippen LogP contribution in [0.5, 0.6) is 0 Å². The molecule has 0 radical (unpaired) electrons. The van der Waals surface area contributed by atoms with Gasteiger partial charge in [0.2, 0.25) is 0 Å². The first kappa shape index (κ1) is 80.0. The Bertz CT molecular complexity index is 2630. The monoisotopic (exact) mass is 1430 g/mol. The highest BCUT2D eigenvalue weighted by atomic mass is 16.8. The van der Waals surface area contributed by atoms with E-state index in [1.165, 1.54) is 13.8 Å². The van der Waals surface area contributed by atoms with E-state index in [1.54, 1.807) is 0 Å². The zero-order valence-corrected chi connectivity index (χ0v) is 57.3. The molecule has 6 heterocycles. The van der Waals surface area contributed by atoms with Crippen LogP contribution in [0.15, 0.2) is 11.6 Å². The molecule has 9 fully saturated rings. The summed E-state index contributed by atoms with van der Waals surface area (Å²) in [7, 11) is 0. The van der Waals surface area contributed by atoms with E-state index in [2.05, 4.69) is 47.6 Å². The van der Waals surface area contributed by atoms with Gasteiger partial charge in [-0.15, -0.1) is 0 Å². The largest absolute Gasteiger partial charge is 0.394 e. The van der Waals surface area contributed by atoms with Crippen molar-refractivity contribution in [1.29, 1.82) is 0 Å². The minimum absolute atomic E-state index is 0.0328. The Labute approximate surface area is 574 Å². The van der Waals surface area contributed by atoms with Gasteiger partial charge in [-0.3, -0.25) is 0 Å². The van der Waals surface area contributed by atoms with Gasteiger partial charge >= 0.3 is 0 Å². The molecular weight excluding hydrogens is 1320 g/mol. The second-order valence-corrected chi connectivity index (χ2v) is 31.4. The molecule has 99 heavy (non-hydrogen) atoms. The summed E-state index contributed by atoms with van der Waals surface area (Å²) in [6, 6.07) is 0. The second-order valence-electron chi connectivity index (χ2n) is 31.4. The van der Waals surface area contributed by atoms with Crippen LogP contribution in [0.3, 0.4) is 0 Å². The standard InChI is InChI=1S/C66H112O33/c1-25(9-13-37(63(4,5)87)97-61-55(99-59-53(86)47(80)41(74)32(22-70)93-59)49(82)43(76)34(95-61)24-89-57-51(84)45(78)39(72)30(20-68)91-57)26-15-16-66(8)35-12-10-27-28(64(35,6)17-18-65(26,66)7)11-14-36(62(27,2)3)96-60-54(98-58-52(85)46(79)40(73)31(21-69)92-58)48(81)42(75)33(94-60)23-88-56-50(83)44(77)38(71)29(19-67)90-56/h10,25-26,28-61,67-87H,9,11-24H2,1-8H3/t25-,26-,28-,29-,30-,31-,32-,33-,34-,35-,36+,37-,38-,39-,40-,41-,42-,43-,44+,45+,46+,47+,48+,49+,50-,51-,52-,53-,54-,55-,56-,57-,58+,59+,60+,61+,64+,65-,66+/m1/s1. The maximum atomic E-state index is 11.9. The number of aliphatic hydroxyl groups is 21. The van der Waals surface area contributed by atoms with E-state index in [0.29, 0.717) is 19.3 Å². The summed E-state index contributed by atoms with van der Waals surface area (Å²) < 4.78 is 72.2. The lowest BCUT2D eigenvalue weighted by atomic mass is 9.39. The first-order chi connectivity index (χ1) is 46.4. The molecule has 10 aliphatic rings.